The zero-order valence-electron chi connectivity index (χ0n) is 24.7. The van der Waals surface area contributed by atoms with Gasteiger partial charge in [-0.05, 0) is 59.2 Å². The van der Waals surface area contributed by atoms with Gasteiger partial charge in [0.05, 0.1) is 30.4 Å². The molecule has 4 aromatic rings. The molecule has 42 heavy (non-hydrogen) atoms. The molecule has 2 aliphatic rings. The van der Waals surface area contributed by atoms with Crippen molar-refractivity contribution in [1.82, 2.24) is 0 Å². The van der Waals surface area contributed by atoms with E-state index in [2.05, 4.69) is 140 Å². The second kappa shape index (κ2) is 11.2. The van der Waals surface area contributed by atoms with Crippen LogP contribution in [-0.4, -0.2) is 23.4 Å². The van der Waals surface area contributed by atoms with E-state index in [1.54, 1.807) is 0 Å². The third-order valence-corrected chi connectivity index (χ3v) is 8.91. The third kappa shape index (κ3) is 4.54. The molecule has 0 aliphatic carbocycles. The van der Waals surface area contributed by atoms with E-state index in [9.17, 15) is 10.5 Å². The number of rotatable bonds is 6. The number of hydrogen-bond donors (Lipinski definition) is 0. The largest absolute Gasteiger partial charge is 1.00 e. The summed E-state index contributed by atoms with van der Waals surface area (Å²) in [5.74, 6) is 0. The molecule has 0 fully saturated rings. The second-order valence-corrected chi connectivity index (χ2v) is 12.0. The van der Waals surface area contributed by atoms with Crippen LogP contribution in [0.25, 0.3) is 21.5 Å². The third-order valence-electron chi connectivity index (χ3n) is 8.91. The summed E-state index contributed by atoms with van der Waals surface area (Å²) in [5, 5.41) is 23.9. The Bertz CT molecular complexity index is 1880. The van der Waals surface area contributed by atoms with Gasteiger partial charge in [0, 0.05) is 41.1 Å². The highest BCUT2D eigenvalue weighted by atomic mass is 79.9. The maximum Gasteiger partial charge on any atom is 0.210 e. The Morgan fingerprint density at radius 1 is 0.762 bits per heavy atom. The number of nitriles is 2. The van der Waals surface area contributed by atoms with Gasteiger partial charge in [-0.2, -0.15) is 15.1 Å². The Hall–Kier alpha value is -4.19. The van der Waals surface area contributed by atoms with E-state index in [4.69, 9.17) is 0 Å². The Morgan fingerprint density at radius 2 is 1.38 bits per heavy atom. The van der Waals surface area contributed by atoms with Crippen molar-refractivity contribution in [3.8, 4) is 12.1 Å². The van der Waals surface area contributed by atoms with Gasteiger partial charge in [-0.25, -0.2) is 0 Å². The Morgan fingerprint density at radius 3 is 2.05 bits per heavy atom. The number of allylic oxidation sites excluding steroid dienone is 4. The van der Waals surface area contributed by atoms with Gasteiger partial charge in [-0.1, -0.05) is 74.5 Å². The molecule has 6 rings (SSSR count). The minimum atomic E-state index is -0.231. The number of fused-ring (bicyclic) bond motifs is 6. The van der Waals surface area contributed by atoms with Crippen LogP contribution in [0.15, 0.2) is 96.7 Å². The first-order chi connectivity index (χ1) is 19.8. The monoisotopic (exact) mass is 614 g/mol. The first-order valence-corrected chi connectivity index (χ1v) is 14.4. The molecule has 0 unspecified atom stereocenters. The van der Waals surface area contributed by atoms with Crippen molar-refractivity contribution >= 4 is 38.6 Å². The van der Waals surface area contributed by atoms with Crippen molar-refractivity contribution in [3.63, 3.8) is 0 Å². The van der Waals surface area contributed by atoms with Crippen molar-refractivity contribution in [2.75, 3.05) is 18.0 Å². The fourth-order valence-corrected chi connectivity index (χ4v) is 7.11. The zero-order chi connectivity index (χ0) is 28.8. The molecule has 5 heteroatoms. The van der Waals surface area contributed by atoms with E-state index in [0.717, 1.165) is 0 Å². The van der Waals surface area contributed by atoms with Crippen molar-refractivity contribution in [2.45, 2.75) is 51.4 Å². The molecule has 0 bridgehead atoms. The van der Waals surface area contributed by atoms with E-state index in [-0.39, 0.29) is 27.8 Å². The number of benzene rings is 4. The summed E-state index contributed by atoms with van der Waals surface area (Å²) < 4.78 is 2.33. The molecule has 0 atom stereocenters. The van der Waals surface area contributed by atoms with Gasteiger partial charge >= 0.3 is 0 Å². The van der Waals surface area contributed by atoms with E-state index in [1.165, 1.54) is 55.5 Å². The summed E-state index contributed by atoms with van der Waals surface area (Å²) in [6, 6.07) is 30.6. The summed E-state index contributed by atoms with van der Waals surface area (Å²) >= 11 is 0. The molecule has 0 radical (unpaired) electrons. The fourth-order valence-electron chi connectivity index (χ4n) is 7.11. The Labute approximate surface area is 259 Å². The standard InChI is InChI=1S/C37H35N4.BrH/c1-36(2)32(40(24-10-22-38)30-20-18-26-12-5-7-14-28(26)34(30)36)16-9-17-33-37(3,4)35-29-15-8-6-13-27(29)19-21-31(35)41(33)25-11-23-39;/h5-9,12-21H,10-11,24-25H2,1-4H3;1H/q+1;/p-1. The molecule has 4 nitrogen and oxygen atoms in total. The minimum absolute atomic E-state index is 0. The first-order valence-electron chi connectivity index (χ1n) is 14.4. The van der Waals surface area contributed by atoms with Crippen molar-refractivity contribution in [3.05, 3.63) is 108 Å². The van der Waals surface area contributed by atoms with Crippen LogP contribution in [-0.2, 0) is 10.8 Å². The van der Waals surface area contributed by atoms with Gasteiger partial charge in [0.2, 0.25) is 5.69 Å². The van der Waals surface area contributed by atoms with E-state index < -0.39 is 0 Å². The summed E-state index contributed by atoms with van der Waals surface area (Å²) in [5.41, 5.74) is 6.93. The van der Waals surface area contributed by atoms with Gasteiger partial charge < -0.3 is 21.9 Å². The fraction of sp³-hybridized carbons (Fsp3) is 0.270. The number of anilines is 1. The lowest BCUT2D eigenvalue weighted by atomic mass is 9.79. The summed E-state index contributed by atoms with van der Waals surface area (Å²) in [6.07, 6.45) is 7.56. The molecule has 0 aromatic heterocycles. The lowest BCUT2D eigenvalue weighted by molar-refractivity contribution is -0.436. The maximum atomic E-state index is 9.46. The zero-order valence-corrected chi connectivity index (χ0v) is 26.2. The topological polar surface area (TPSA) is 53.8 Å². The van der Waals surface area contributed by atoms with Crippen LogP contribution in [0.2, 0.25) is 0 Å². The van der Waals surface area contributed by atoms with Crippen LogP contribution in [0.5, 0.6) is 0 Å². The molecular weight excluding hydrogens is 580 g/mol. The van der Waals surface area contributed by atoms with Crippen LogP contribution in [0, 0.1) is 22.7 Å². The highest BCUT2D eigenvalue weighted by Gasteiger charge is 2.45. The second-order valence-electron chi connectivity index (χ2n) is 12.0. The number of halogens is 1. The SMILES string of the molecule is CC1(C)C(/C=C/C=C2\N(CCC#N)c3ccc4ccccc4c3C2(C)C)=[N+](CCC#N)c2ccc3ccccc3c21.[Br-]. The molecule has 0 saturated carbocycles. The van der Waals surface area contributed by atoms with Gasteiger partial charge in [0.1, 0.15) is 0 Å². The average Bonchev–Trinajstić information content (AvgIpc) is 3.33. The molecule has 0 saturated heterocycles. The van der Waals surface area contributed by atoms with Crippen LogP contribution >= 0.6 is 0 Å². The lowest BCUT2D eigenvalue weighted by Gasteiger charge is -2.26. The minimum Gasteiger partial charge on any atom is -1.00 e. The summed E-state index contributed by atoms with van der Waals surface area (Å²) in [6.45, 7) is 10.5. The van der Waals surface area contributed by atoms with E-state index in [1.807, 2.05) is 0 Å². The molecule has 0 amide bonds. The normalized spacial score (nSPS) is 17.4. The quantitative estimate of drug-likeness (QED) is 0.272. The Kier molecular flexibility index (Phi) is 7.84. The lowest BCUT2D eigenvalue weighted by Crippen LogP contribution is -3.00. The first kappa shape index (κ1) is 29.3. The van der Waals surface area contributed by atoms with E-state index in [0.29, 0.717) is 25.9 Å². The van der Waals surface area contributed by atoms with Crippen molar-refractivity contribution in [2.24, 2.45) is 0 Å². The van der Waals surface area contributed by atoms with Crippen molar-refractivity contribution in [1.29, 1.82) is 10.5 Å². The highest BCUT2D eigenvalue weighted by molar-refractivity contribution is 6.07. The van der Waals surface area contributed by atoms with E-state index >= 15 is 0 Å². The van der Waals surface area contributed by atoms with Gasteiger partial charge in [-0.15, -0.1) is 0 Å². The molecule has 210 valence electrons. The summed E-state index contributed by atoms with van der Waals surface area (Å²) in [4.78, 5) is 2.33. The summed E-state index contributed by atoms with van der Waals surface area (Å²) in [7, 11) is 0. The number of hydrogen-bond acceptors (Lipinski definition) is 3. The van der Waals surface area contributed by atoms with Gasteiger partial charge in [0.25, 0.3) is 0 Å². The molecule has 0 N–H and O–H groups in total. The average molecular weight is 616 g/mol. The van der Waals surface area contributed by atoms with Gasteiger partial charge in [-0.3, -0.25) is 0 Å². The van der Waals surface area contributed by atoms with Crippen LogP contribution < -0.4 is 21.9 Å². The maximum absolute atomic E-state index is 9.46. The van der Waals surface area contributed by atoms with Crippen LogP contribution in [0.4, 0.5) is 11.4 Å². The molecule has 4 aromatic carbocycles. The molecule has 2 aliphatic heterocycles. The molecular formula is C37H35BrN4. The van der Waals surface area contributed by atoms with Crippen LogP contribution in [0.1, 0.15) is 51.7 Å². The van der Waals surface area contributed by atoms with Gasteiger partial charge in [0.15, 0.2) is 12.3 Å². The predicted molar refractivity (Wildman–Crippen MR) is 169 cm³/mol. The highest BCUT2D eigenvalue weighted by Crippen LogP contribution is 2.51. The smallest absolute Gasteiger partial charge is 0.210 e. The Balaban J connectivity index is 0.00000353. The predicted octanol–water partition coefficient (Wildman–Crippen LogP) is 5.44. The number of nitrogens with zero attached hydrogens (tertiary/aromatic N) is 4. The van der Waals surface area contributed by atoms with Crippen molar-refractivity contribution < 1.29 is 21.6 Å². The van der Waals surface area contributed by atoms with Crippen LogP contribution in [0.3, 0.4) is 0 Å². The molecule has 2 heterocycles. The molecule has 0 spiro atoms.